The number of nitrogens with zero attached hydrogens (tertiary/aromatic N) is 1. The third-order valence-electron chi connectivity index (χ3n) is 6.95. The predicted molar refractivity (Wildman–Crippen MR) is 143 cm³/mol. The molecule has 1 amide bonds. The van der Waals surface area contributed by atoms with E-state index in [1.165, 1.54) is 24.1 Å². The Balaban J connectivity index is 1.41. The van der Waals surface area contributed by atoms with Crippen LogP contribution < -0.4 is 10.6 Å². The number of likely N-dealkylation sites (tertiary alicyclic amines) is 1. The van der Waals surface area contributed by atoms with Gasteiger partial charge in [-0.15, -0.1) is 0 Å². The van der Waals surface area contributed by atoms with Crippen LogP contribution in [0.4, 0.5) is 8.78 Å². The van der Waals surface area contributed by atoms with E-state index >= 15 is 0 Å². The number of piperidine rings is 1. The molecule has 0 saturated carbocycles. The molecule has 38 heavy (non-hydrogen) atoms. The minimum atomic E-state index is -1.01. The first kappa shape index (κ1) is 28.0. The summed E-state index contributed by atoms with van der Waals surface area (Å²) in [5.74, 6) is -1.04. The molecule has 0 unspecified atom stereocenters. The number of aliphatic hydroxyl groups is 1. The van der Waals surface area contributed by atoms with Crippen LogP contribution in [0.15, 0.2) is 59.0 Å². The molecule has 4 rings (SSSR count). The lowest BCUT2D eigenvalue weighted by atomic mass is 10.00. The molecule has 0 bridgehead atoms. The van der Waals surface area contributed by atoms with Gasteiger partial charge in [0.25, 0.3) is 5.91 Å². The van der Waals surface area contributed by atoms with Crippen LogP contribution in [0, 0.1) is 11.6 Å². The van der Waals surface area contributed by atoms with Gasteiger partial charge in [-0.2, -0.15) is 0 Å². The molecule has 3 aromatic rings. The van der Waals surface area contributed by atoms with Crippen LogP contribution in [0.3, 0.4) is 0 Å². The zero-order valence-electron chi connectivity index (χ0n) is 21.9. The third kappa shape index (κ3) is 8.21. The van der Waals surface area contributed by atoms with Crippen LogP contribution in [0.1, 0.15) is 59.2 Å². The van der Waals surface area contributed by atoms with Crippen molar-refractivity contribution < 1.29 is 23.1 Å². The molecule has 1 saturated heterocycles. The van der Waals surface area contributed by atoms with Crippen molar-refractivity contribution in [3.8, 4) is 0 Å². The second-order valence-electron chi connectivity index (χ2n) is 10.0. The van der Waals surface area contributed by atoms with Gasteiger partial charge in [-0.3, -0.25) is 9.69 Å². The minimum absolute atomic E-state index is 0.0515. The summed E-state index contributed by atoms with van der Waals surface area (Å²) in [5.41, 5.74) is 2.65. The van der Waals surface area contributed by atoms with Crippen LogP contribution in [0.5, 0.6) is 0 Å². The zero-order valence-corrected chi connectivity index (χ0v) is 21.9. The average molecular weight is 526 g/mol. The first-order valence-corrected chi connectivity index (χ1v) is 13.4. The Bertz CT molecular complexity index is 1170. The second kappa shape index (κ2) is 13.6. The quantitative estimate of drug-likeness (QED) is 0.322. The van der Waals surface area contributed by atoms with E-state index < -0.39 is 29.7 Å². The van der Waals surface area contributed by atoms with Gasteiger partial charge in [0, 0.05) is 19.2 Å². The van der Waals surface area contributed by atoms with Gasteiger partial charge in [0.05, 0.1) is 18.7 Å². The normalized spacial score (nSPS) is 15.8. The maximum Gasteiger partial charge on any atom is 0.287 e. The van der Waals surface area contributed by atoms with Crippen molar-refractivity contribution in [1.29, 1.82) is 0 Å². The summed E-state index contributed by atoms with van der Waals surface area (Å²) in [6, 6.07) is 14.0. The Morgan fingerprint density at radius 2 is 1.74 bits per heavy atom. The monoisotopic (exact) mass is 525 g/mol. The van der Waals surface area contributed by atoms with Gasteiger partial charge >= 0.3 is 0 Å². The molecule has 2 aromatic carbocycles. The number of aryl methyl sites for hydroxylation is 1. The van der Waals surface area contributed by atoms with Gasteiger partial charge in [0.1, 0.15) is 17.4 Å². The number of benzene rings is 2. The molecule has 1 aliphatic heterocycles. The smallest absolute Gasteiger partial charge is 0.287 e. The van der Waals surface area contributed by atoms with Crippen LogP contribution in [-0.2, 0) is 25.9 Å². The predicted octanol–water partition coefficient (Wildman–Crippen LogP) is 4.60. The van der Waals surface area contributed by atoms with Crippen molar-refractivity contribution in [3.05, 3.63) is 94.4 Å². The zero-order chi connectivity index (χ0) is 26.9. The van der Waals surface area contributed by atoms with E-state index in [0.717, 1.165) is 44.0 Å². The highest BCUT2D eigenvalue weighted by atomic mass is 19.1. The molecule has 1 aliphatic rings. The number of aliphatic hydroxyl groups excluding tert-OH is 1. The average Bonchev–Trinajstić information content (AvgIpc) is 3.37. The Kier molecular flexibility index (Phi) is 10.0. The highest BCUT2D eigenvalue weighted by molar-refractivity contribution is 5.91. The molecule has 1 aromatic heterocycles. The molecule has 2 atom stereocenters. The van der Waals surface area contributed by atoms with Crippen LogP contribution in [0.2, 0.25) is 0 Å². The van der Waals surface area contributed by atoms with Crippen LogP contribution in [-0.4, -0.2) is 47.7 Å². The second-order valence-corrected chi connectivity index (χ2v) is 10.0. The molecular formula is C30H37F2N3O3. The Morgan fingerprint density at radius 1 is 1.00 bits per heavy atom. The third-order valence-corrected chi connectivity index (χ3v) is 6.95. The lowest BCUT2D eigenvalue weighted by Gasteiger charge is -2.25. The number of halogens is 2. The van der Waals surface area contributed by atoms with Crippen molar-refractivity contribution in [1.82, 2.24) is 15.5 Å². The van der Waals surface area contributed by atoms with Gasteiger partial charge in [0.15, 0.2) is 5.76 Å². The van der Waals surface area contributed by atoms with E-state index in [9.17, 15) is 18.7 Å². The maximum absolute atomic E-state index is 13.8. The van der Waals surface area contributed by atoms with Gasteiger partial charge in [-0.1, -0.05) is 37.6 Å². The number of hydrogen-bond acceptors (Lipinski definition) is 5. The van der Waals surface area contributed by atoms with Gasteiger partial charge in [0.2, 0.25) is 0 Å². The lowest BCUT2D eigenvalue weighted by molar-refractivity contribution is 0.0801. The highest BCUT2D eigenvalue weighted by Crippen LogP contribution is 2.17. The summed E-state index contributed by atoms with van der Waals surface area (Å²) in [5, 5.41) is 17.1. The van der Waals surface area contributed by atoms with Crippen molar-refractivity contribution in [2.45, 2.75) is 64.3 Å². The standard InChI is InChI=1S/C30H37F2N3O3/c1-2-21-7-6-8-22(13-21)18-33-19-28(36)27(16-23-14-24(31)17-25(32)15-23)34-30(37)29-10-9-26(38-29)20-35-11-4-3-5-12-35/h6-10,13-15,17,27-28,33,36H,2-5,11-12,16,18-20H2,1H3,(H,34,37)/t27-,28+/m0/s1. The van der Waals surface area contributed by atoms with E-state index in [-0.39, 0.29) is 18.7 Å². The number of hydrogen-bond donors (Lipinski definition) is 3. The molecule has 6 nitrogen and oxygen atoms in total. The molecule has 2 heterocycles. The molecule has 204 valence electrons. The van der Waals surface area contributed by atoms with Crippen molar-refractivity contribution in [3.63, 3.8) is 0 Å². The van der Waals surface area contributed by atoms with Crippen LogP contribution >= 0.6 is 0 Å². The Hall–Kier alpha value is -3.07. The summed E-state index contributed by atoms with van der Waals surface area (Å²) in [6.07, 6.45) is 3.53. The number of carbonyl (C=O) groups excluding carboxylic acids is 1. The van der Waals surface area contributed by atoms with Gasteiger partial charge in [-0.25, -0.2) is 8.78 Å². The maximum atomic E-state index is 13.8. The molecular weight excluding hydrogens is 488 g/mol. The van der Waals surface area contributed by atoms with Crippen molar-refractivity contribution in [2.24, 2.45) is 0 Å². The fraction of sp³-hybridized carbons (Fsp3) is 0.433. The fourth-order valence-corrected chi connectivity index (χ4v) is 4.89. The number of carbonyl (C=O) groups is 1. The molecule has 3 N–H and O–H groups in total. The van der Waals surface area contributed by atoms with Gasteiger partial charge < -0.3 is 20.2 Å². The summed E-state index contributed by atoms with van der Waals surface area (Å²) in [6.45, 7) is 5.47. The molecule has 1 fully saturated rings. The minimum Gasteiger partial charge on any atom is -0.455 e. The Labute approximate surface area is 223 Å². The molecule has 8 heteroatoms. The first-order valence-electron chi connectivity index (χ1n) is 13.4. The number of nitrogens with one attached hydrogen (secondary N) is 2. The van der Waals surface area contributed by atoms with Crippen molar-refractivity contribution in [2.75, 3.05) is 19.6 Å². The Morgan fingerprint density at radius 3 is 2.47 bits per heavy atom. The molecule has 0 spiro atoms. The fourth-order valence-electron chi connectivity index (χ4n) is 4.89. The summed E-state index contributed by atoms with van der Waals surface area (Å²) in [4.78, 5) is 15.4. The van der Waals surface area contributed by atoms with E-state index in [0.29, 0.717) is 24.4 Å². The molecule has 0 aliphatic carbocycles. The number of rotatable bonds is 12. The van der Waals surface area contributed by atoms with E-state index in [2.05, 4.69) is 34.6 Å². The SMILES string of the molecule is CCc1cccc(CNC[C@@H](O)[C@H](Cc2cc(F)cc(F)c2)NC(=O)c2ccc(CN3CCCCC3)o2)c1. The first-order chi connectivity index (χ1) is 18.4. The van der Waals surface area contributed by atoms with Gasteiger partial charge in [-0.05, 0) is 79.7 Å². The summed E-state index contributed by atoms with van der Waals surface area (Å²) < 4.78 is 33.5. The summed E-state index contributed by atoms with van der Waals surface area (Å²) >= 11 is 0. The summed E-state index contributed by atoms with van der Waals surface area (Å²) in [7, 11) is 0. The topological polar surface area (TPSA) is 77.7 Å². The van der Waals surface area contributed by atoms with E-state index in [4.69, 9.17) is 4.42 Å². The van der Waals surface area contributed by atoms with Crippen LogP contribution in [0.25, 0.3) is 0 Å². The number of furan rings is 1. The largest absolute Gasteiger partial charge is 0.455 e. The highest BCUT2D eigenvalue weighted by Gasteiger charge is 2.25. The van der Waals surface area contributed by atoms with E-state index in [1.54, 1.807) is 12.1 Å². The lowest BCUT2D eigenvalue weighted by Crippen LogP contribution is -2.48. The number of amides is 1. The van der Waals surface area contributed by atoms with Crippen molar-refractivity contribution >= 4 is 5.91 Å². The van der Waals surface area contributed by atoms with E-state index in [1.807, 2.05) is 12.1 Å². The molecule has 0 radical (unpaired) electrons.